The van der Waals surface area contributed by atoms with E-state index in [4.69, 9.17) is 0 Å². The molecule has 0 spiro atoms. The standard InChI is InChI=1S/C26H26N2O4/c1-18(29)27-22(17-19-11-5-2-6-12-19)25(30)28-24(26(31)32)23(20-13-7-3-8-14-20)21-15-9-4-10-16-21/h2-16,22-24H,17H2,1H3,(H,27,29)(H,28,30)(H,31,32)/t22-,24+/m0/s1. The summed E-state index contributed by atoms with van der Waals surface area (Å²) in [4.78, 5) is 37.2. The van der Waals surface area contributed by atoms with Crippen molar-refractivity contribution in [1.29, 1.82) is 0 Å². The lowest BCUT2D eigenvalue weighted by atomic mass is 9.84. The van der Waals surface area contributed by atoms with Gasteiger partial charge in [0.05, 0.1) is 0 Å². The summed E-state index contributed by atoms with van der Waals surface area (Å²) in [5.74, 6) is -2.67. The van der Waals surface area contributed by atoms with Crippen molar-refractivity contribution < 1.29 is 19.5 Å². The highest BCUT2D eigenvalue weighted by Crippen LogP contribution is 2.28. The molecule has 6 nitrogen and oxygen atoms in total. The van der Waals surface area contributed by atoms with Crippen LogP contribution in [0.5, 0.6) is 0 Å². The van der Waals surface area contributed by atoms with Gasteiger partial charge in [-0.05, 0) is 16.7 Å². The maximum atomic E-state index is 13.2. The van der Waals surface area contributed by atoms with Gasteiger partial charge in [0, 0.05) is 19.3 Å². The Labute approximate surface area is 187 Å². The van der Waals surface area contributed by atoms with Gasteiger partial charge in [-0.2, -0.15) is 0 Å². The fourth-order valence-electron chi connectivity index (χ4n) is 3.74. The maximum Gasteiger partial charge on any atom is 0.327 e. The molecule has 2 amide bonds. The second-order valence-electron chi connectivity index (χ2n) is 7.57. The van der Waals surface area contributed by atoms with Crippen molar-refractivity contribution in [3.05, 3.63) is 108 Å². The number of carboxylic acid groups (broad SMARTS) is 1. The molecule has 0 aliphatic heterocycles. The third kappa shape index (κ3) is 6.04. The number of amides is 2. The van der Waals surface area contributed by atoms with Crippen LogP contribution in [0.1, 0.15) is 29.5 Å². The molecule has 0 fully saturated rings. The highest BCUT2D eigenvalue weighted by molar-refractivity contribution is 5.90. The number of hydrogen-bond donors (Lipinski definition) is 3. The third-order valence-electron chi connectivity index (χ3n) is 5.19. The molecule has 0 heterocycles. The Kier molecular flexibility index (Phi) is 7.75. The summed E-state index contributed by atoms with van der Waals surface area (Å²) in [6.07, 6.45) is 0.250. The molecule has 0 saturated carbocycles. The average molecular weight is 431 g/mol. The van der Waals surface area contributed by atoms with Crippen LogP contribution >= 0.6 is 0 Å². The van der Waals surface area contributed by atoms with Crippen molar-refractivity contribution in [1.82, 2.24) is 10.6 Å². The van der Waals surface area contributed by atoms with E-state index in [0.29, 0.717) is 0 Å². The summed E-state index contributed by atoms with van der Waals surface area (Å²) in [7, 11) is 0. The Morgan fingerprint density at radius 2 is 1.22 bits per heavy atom. The largest absolute Gasteiger partial charge is 0.480 e. The molecular weight excluding hydrogens is 404 g/mol. The molecule has 0 saturated heterocycles. The van der Waals surface area contributed by atoms with Crippen LogP contribution in [-0.4, -0.2) is 35.0 Å². The van der Waals surface area contributed by atoms with Gasteiger partial charge in [-0.3, -0.25) is 9.59 Å². The number of nitrogens with one attached hydrogen (secondary N) is 2. The lowest BCUT2D eigenvalue weighted by Crippen LogP contribution is -2.53. The highest BCUT2D eigenvalue weighted by Gasteiger charge is 2.34. The summed E-state index contributed by atoms with van der Waals surface area (Å²) in [6, 6.07) is 25.6. The molecule has 3 aromatic rings. The van der Waals surface area contributed by atoms with Crippen LogP contribution < -0.4 is 10.6 Å². The molecule has 3 N–H and O–H groups in total. The van der Waals surface area contributed by atoms with E-state index in [1.807, 2.05) is 91.0 Å². The van der Waals surface area contributed by atoms with Gasteiger partial charge in [0.25, 0.3) is 0 Å². The minimum absolute atomic E-state index is 0.250. The summed E-state index contributed by atoms with van der Waals surface area (Å²) >= 11 is 0. The van der Waals surface area contributed by atoms with Gasteiger partial charge in [-0.15, -0.1) is 0 Å². The highest BCUT2D eigenvalue weighted by atomic mass is 16.4. The fraction of sp³-hybridized carbons (Fsp3) is 0.192. The Balaban J connectivity index is 1.92. The molecule has 0 unspecified atom stereocenters. The molecule has 0 aromatic heterocycles. The molecule has 0 bridgehead atoms. The van der Waals surface area contributed by atoms with Crippen LogP contribution in [-0.2, 0) is 20.8 Å². The van der Waals surface area contributed by atoms with Crippen LogP contribution in [0, 0.1) is 0 Å². The van der Waals surface area contributed by atoms with E-state index in [9.17, 15) is 19.5 Å². The lowest BCUT2D eigenvalue weighted by molar-refractivity contribution is -0.142. The van der Waals surface area contributed by atoms with Crippen molar-refractivity contribution in [3.63, 3.8) is 0 Å². The number of hydrogen-bond acceptors (Lipinski definition) is 3. The van der Waals surface area contributed by atoms with Crippen molar-refractivity contribution in [2.24, 2.45) is 0 Å². The van der Waals surface area contributed by atoms with Gasteiger partial charge in [-0.1, -0.05) is 91.0 Å². The van der Waals surface area contributed by atoms with Gasteiger partial charge in [-0.25, -0.2) is 4.79 Å². The summed E-state index contributed by atoms with van der Waals surface area (Å²) in [5.41, 5.74) is 2.40. The zero-order valence-electron chi connectivity index (χ0n) is 17.8. The predicted octanol–water partition coefficient (Wildman–Crippen LogP) is 3.14. The first-order valence-corrected chi connectivity index (χ1v) is 10.4. The number of carboxylic acids is 1. The van der Waals surface area contributed by atoms with Crippen LogP contribution in [0.3, 0.4) is 0 Å². The minimum Gasteiger partial charge on any atom is -0.480 e. The lowest BCUT2D eigenvalue weighted by Gasteiger charge is -2.28. The van der Waals surface area contributed by atoms with Crippen LogP contribution in [0.15, 0.2) is 91.0 Å². The van der Waals surface area contributed by atoms with E-state index in [0.717, 1.165) is 16.7 Å². The topological polar surface area (TPSA) is 95.5 Å². The van der Waals surface area contributed by atoms with E-state index in [2.05, 4.69) is 10.6 Å². The van der Waals surface area contributed by atoms with E-state index >= 15 is 0 Å². The maximum absolute atomic E-state index is 13.2. The second-order valence-corrected chi connectivity index (χ2v) is 7.57. The first kappa shape index (κ1) is 22.7. The summed E-state index contributed by atoms with van der Waals surface area (Å²) in [5, 5.41) is 15.4. The van der Waals surface area contributed by atoms with Gasteiger partial charge in [0.1, 0.15) is 12.1 Å². The number of benzene rings is 3. The van der Waals surface area contributed by atoms with E-state index in [1.165, 1.54) is 6.92 Å². The van der Waals surface area contributed by atoms with Crippen LogP contribution in [0.4, 0.5) is 0 Å². The number of rotatable bonds is 9. The fourth-order valence-corrected chi connectivity index (χ4v) is 3.74. The van der Waals surface area contributed by atoms with E-state index in [1.54, 1.807) is 0 Å². The van der Waals surface area contributed by atoms with Gasteiger partial charge in [0.15, 0.2) is 0 Å². The van der Waals surface area contributed by atoms with Gasteiger partial charge in [0.2, 0.25) is 11.8 Å². The molecule has 3 aromatic carbocycles. The molecule has 0 radical (unpaired) electrons. The van der Waals surface area contributed by atoms with Crippen molar-refractivity contribution in [2.45, 2.75) is 31.3 Å². The molecule has 164 valence electrons. The molecular formula is C26H26N2O4. The third-order valence-corrected chi connectivity index (χ3v) is 5.19. The smallest absolute Gasteiger partial charge is 0.327 e. The molecule has 3 rings (SSSR count). The normalized spacial score (nSPS) is 12.6. The molecule has 6 heteroatoms. The van der Waals surface area contributed by atoms with Crippen molar-refractivity contribution in [3.8, 4) is 0 Å². The Morgan fingerprint density at radius 1 is 0.750 bits per heavy atom. The first-order chi connectivity index (χ1) is 15.5. The zero-order chi connectivity index (χ0) is 22.9. The van der Waals surface area contributed by atoms with E-state index in [-0.39, 0.29) is 12.3 Å². The molecule has 32 heavy (non-hydrogen) atoms. The summed E-state index contributed by atoms with van der Waals surface area (Å²) in [6.45, 7) is 1.33. The van der Waals surface area contributed by atoms with Crippen LogP contribution in [0.2, 0.25) is 0 Å². The number of carbonyl (C=O) groups excluding carboxylic acids is 2. The van der Waals surface area contributed by atoms with Crippen molar-refractivity contribution in [2.75, 3.05) is 0 Å². The predicted molar refractivity (Wildman–Crippen MR) is 122 cm³/mol. The minimum atomic E-state index is -1.22. The van der Waals surface area contributed by atoms with Crippen molar-refractivity contribution >= 4 is 17.8 Å². The van der Waals surface area contributed by atoms with Gasteiger partial charge >= 0.3 is 5.97 Å². The number of aliphatic carboxylic acids is 1. The van der Waals surface area contributed by atoms with Gasteiger partial charge < -0.3 is 15.7 Å². The van der Waals surface area contributed by atoms with Crippen LogP contribution in [0.25, 0.3) is 0 Å². The molecule has 0 aliphatic rings. The molecule has 2 atom stereocenters. The quantitative estimate of drug-likeness (QED) is 0.486. The monoisotopic (exact) mass is 430 g/mol. The second kappa shape index (κ2) is 10.9. The average Bonchev–Trinajstić information content (AvgIpc) is 2.80. The SMILES string of the molecule is CC(=O)N[C@@H](Cc1ccccc1)C(=O)N[C@@H](C(=O)O)C(c1ccccc1)c1ccccc1. The Morgan fingerprint density at radius 3 is 1.66 bits per heavy atom. The molecule has 0 aliphatic carbocycles. The van der Waals surface area contributed by atoms with E-state index < -0.39 is 29.9 Å². The first-order valence-electron chi connectivity index (χ1n) is 10.4. The Hall–Kier alpha value is -3.93. The Bertz CT molecular complexity index is 1000. The zero-order valence-corrected chi connectivity index (χ0v) is 17.8. The number of carbonyl (C=O) groups is 3. The summed E-state index contributed by atoms with van der Waals surface area (Å²) < 4.78 is 0.